The average molecular weight is 301 g/mol. The molecule has 19 heavy (non-hydrogen) atoms. The summed E-state index contributed by atoms with van der Waals surface area (Å²) in [5.74, 6) is 1.79. The van der Waals surface area contributed by atoms with E-state index in [1.165, 1.54) is 0 Å². The number of thioether (sulfide) groups is 2. The van der Waals surface area contributed by atoms with Crippen LogP contribution in [0.4, 0.5) is 0 Å². The third kappa shape index (κ3) is 4.30. The largest absolute Gasteiger partial charge is 0.310 e. The molecule has 0 saturated carbocycles. The van der Waals surface area contributed by atoms with Crippen LogP contribution in [-0.2, 0) is 4.79 Å². The summed E-state index contributed by atoms with van der Waals surface area (Å²) in [7, 11) is 4.12. The predicted molar refractivity (Wildman–Crippen MR) is 83.0 cm³/mol. The van der Waals surface area contributed by atoms with E-state index in [-0.39, 0.29) is 0 Å². The van der Waals surface area contributed by atoms with Gasteiger partial charge in [0.1, 0.15) is 6.07 Å². The first-order valence-corrected chi connectivity index (χ1v) is 8.64. The van der Waals surface area contributed by atoms with Gasteiger partial charge in [-0.3, -0.25) is 4.79 Å². The van der Waals surface area contributed by atoms with Crippen LogP contribution in [0.5, 0.6) is 0 Å². The van der Waals surface area contributed by atoms with Crippen molar-refractivity contribution in [2.24, 2.45) is 0 Å². The van der Waals surface area contributed by atoms with Gasteiger partial charge in [0.05, 0.1) is 0 Å². The van der Waals surface area contributed by atoms with E-state index in [0.29, 0.717) is 12.6 Å². The van der Waals surface area contributed by atoms with Crippen LogP contribution in [0.15, 0.2) is 0 Å². The topological polar surface area (TPSA) is 47.3 Å². The standard InChI is InChI=1S/C13H23N3OS2/c1-4-5-6-7-16(11-17)13(10-14)18-8-12(9-19-13)15(2)3/h11-12H,4-9H2,1-3H3. The number of carbonyl (C=O) groups excluding carboxylic acids is 1. The fourth-order valence-corrected chi connectivity index (χ4v) is 5.19. The quantitative estimate of drug-likeness (QED) is 0.533. The summed E-state index contributed by atoms with van der Waals surface area (Å²) in [4.78, 5) is 15.2. The molecular weight excluding hydrogens is 278 g/mol. The molecule has 0 aliphatic carbocycles. The Morgan fingerprint density at radius 2 is 2.00 bits per heavy atom. The molecule has 1 rings (SSSR count). The highest BCUT2D eigenvalue weighted by molar-refractivity contribution is 8.19. The zero-order valence-corrected chi connectivity index (χ0v) is 13.6. The Hall–Kier alpha value is -0.380. The maximum absolute atomic E-state index is 11.3. The summed E-state index contributed by atoms with van der Waals surface area (Å²) in [6, 6.07) is 2.83. The van der Waals surface area contributed by atoms with Gasteiger partial charge < -0.3 is 9.80 Å². The van der Waals surface area contributed by atoms with Crippen LogP contribution in [0.25, 0.3) is 0 Å². The van der Waals surface area contributed by atoms with Crippen molar-refractivity contribution in [3.63, 3.8) is 0 Å². The van der Waals surface area contributed by atoms with Crippen LogP contribution in [-0.4, -0.2) is 58.6 Å². The maximum atomic E-state index is 11.3. The minimum atomic E-state index is -0.720. The molecule has 4 nitrogen and oxygen atoms in total. The second kappa shape index (κ2) is 8.03. The third-order valence-corrected chi connectivity index (χ3v) is 6.57. The molecule has 1 saturated heterocycles. The minimum absolute atomic E-state index is 0.473. The first-order valence-electron chi connectivity index (χ1n) is 6.67. The van der Waals surface area contributed by atoms with Crippen LogP contribution in [0.3, 0.4) is 0 Å². The summed E-state index contributed by atoms with van der Waals surface area (Å²) in [5, 5.41) is 9.52. The van der Waals surface area contributed by atoms with E-state index in [1.54, 1.807) is 28.4 Å². The molecule has 1 fully saturated rings. The molecule has 1 heterocycles. The summed E-state index contributed by atoms with van der Waals surface area (Å²) in [5.41, 5.74) is 0. The highest BCUT2D eigenvalue weighted by atomic mass is 32.2. The lowest BCUT2D eigenvalue weighted by atomic mass is 10.2. The van der Waals surface area contributed by atoms with Crippen molar-refractivity contribution in [3.8, 4) is 6.07 Å². The van der Waals surface area contributed by atoms with E-state index in [0.717, 1.165) is 37.2 Å². The number of nitrogens with zero attached hydrogens (tertiary/aromatic N) is 3. The third-order valence-electron chi connectivity index (χ3n) is 3.32. The van der Waals surface area contributed by atoms with Gasteiger partial charge in [-0.15, -0.1) is 23.5 Å². The van der Waals surface area contributed by atoms with Crippen molar-refractivity contribution in [2.45, 2.75) is 36.4 Å². The molecule has 1 aliphatic heterocycles. The van der Waals surface area contributed by atoms with Gasteiger partial charge in [0.2, 0.25) is 10.6 Å². The predicted octanol–water partition coefficient (Wildman–Crippen LogP) is 2.22. The van der Waals surface area contributed by atoms with Gasteiger partial charge in [0.15, 0.2) is 0 Å². The van der Waals surface area contributed by atoms with Crippen molar-refractivity contribution in [1.82, 2.24) is 9.80 Å². The molecule has 0 aromatic rings. The second-order valence-corrected chi connectivity index (χ2v) is 7.62. The van der Waals surface area contributed by atoms with Crippen LogP contribution >= 0.6 is 23.5 Å². The Bertz CT molecular complexity index is 322. The van der Waals surface area contributed by atoms with Crippen LogP contribution in [0, 0.1) is 11.3 Å². The molecule has 0 aromatic carbocycles. The lowest BCUT2D eigenvalue weighted by Gasteiger charge is -2.41. The molecule has 0 spiro atoms. The molecule has 6 heteroatoms. The van der Waals surface area contributed by atoms with Crippen molar-refractivity contribution in [1.29, 1.82) is 5.26 Å². The van der Waals surface area contributed by atoms with E-state index >= 15 is 0 Å². The molecule has 1 aliphatic rings. The summed E-state index contributed by atoms with van der Waals surface area (Å²) >= 11 is 3.19. The van der Waals surface area contributed by atoms with E-state index in [1.807, 2.05) is 0 Å². The number of amides is 1. The number of hydrogen-bond donors (Lipinski definition) is 0. The summed E-state index contributed by atoms with van der Waals surface area (Å²) < 4.78 is -0.720. The number of rotatable bonds is 7. The zero-order valence-electron chi connectivity index (χ0n) is 12.0. The van der Waals surface area contributed by atoms with Crippen molar-refractivity contribution in [2.75, 3.05) is 32.1 Å². The SMILES string of the molecule is CCCCCN(C=O)C1(C#N)SCC(N(C)C)CS1. The summed E-state index contributed by atoms with van der Waals surface area (Å²) in [6.07, 6.45) is 4.03. The molecule has 0 aromatic heterocycles. The Morgan fingerprint density at radius 3 is 2.42 bits per heavy atom. The molecule has 0 N–H and O–H groups in total. The second-order valence-electron chi connectivity index (χ2n) is 4.94. The maximum Gasteiger partial charge on any atom is 0.224 e. The smallest absolute Gasteiger partial charge is 0.224 e. The first-order chi connectivity index (χ1) is 9.09. The Morgan fingerprint density at radius 1 is 1.37 bits per heavy atom. The molecular formula is C13H23N3OS2. The van der Waals surface area contributed by atoms with Crippen molar-refractivity contribution in [3.05, 3.63) is 0 Å². The van der Waals surface area contributed by atoms with Crippen LogP contribution < -0.4 is 0 Å². The van der Waals surface area contributed by atoms with Crippen LogP contribution in [0.1, 0.15) is 26.2 Å². The van der Waals surface area contributed by atoms with Gasteiger partial charge in [-0.1, -0.05) is 19.8 Å². The number of unbranched alkanes of at least 4 members (excludes halogenated alkanes) is 2. The molecule has 1 amide bonds. The van der Waals surface area contributed by atoms with Gasteiger partial charge in [-0.2, -0.15) is 5.26 Å². The highest BCUT2D eigenvalue weighted by Gasteiger charge is 2.42. The first kappa shape index (κ1) is 16.7. The van der Waals surface area contributed by atoms with Crippen molar-refractivity contribution < 1.29 is 4.79 Å². The Labute approximate surface area is 124 Å². The lowest BCUT2D eigenvalue weighted by Crippen LogP contribution is -2.48. The van der Waals surface area contributed by atoms with Gasteiger partial charge >= 0.3 is 0 Å². The number of carbonyl (C=O) groups is 1. The highest BCUT2D eigenvalue weighted by Crippen LogP contribution is 2.44. The monoisotopic (exact) mass is 301 g/mol. The molecule has 108 valence electrons. The molecule has 0 radical (unpaired) electrons. The lowest BCUT2D eigenvalue weighted by molar-refractivity contribution is -0.118. The van der Waals surface area contributed by atoms with E-state index < -0.39 is 4.20 Å². The molecule has 0 atom stereocenters. The Kier molecular flexibility index (Phi) is 7.05. The molecule has 0 bridgehead atoms. The summed E-state index contributed by atoms with van der Waals surface area (Å²) in [6.45, 7) is 2.81. The fraction of sp³-hybridized carbons (Fsp3) is 0.846. The minimum Gasteiger partial charge on any atom is -0.310 e. The van der Waals surface area contributed by atoms with Gasteiger partial charge in [-0.25, -0.2) is 0 Å². The van der Waals surface area contributed by atoms with Gasteiger partial charge in [-0.05, 0) is 20.5 Å². The zero-order chi connectivity index (χ0) is 14.3. The van der Waals surface area contributed by atoms with Gasteiger partial charge in [0, 0.05) is 24.1 Å². The van der Waals surface area contributed by atoms with Crippen molar-refractivity contribution >= 4 is 29.9 Å². The fourth-order valence-electron chi connectivity index (χ4n) is 1.90. The average Bonchev–Trinajstić information content (AvgIpc) is 2.43. The normalized spacial score (nSPS) is 27.0. The van der Waals surface area contributed by atoms with Crippen LogP contribution in [0.2, 0.25) is 0 Å². The van der Waals surface area contributed by atoms with E-state index in [4.69, 9.17) is 0 Å². The van der Waals surface area contributed by atoms with E-state index in [9.17, 15) is 10.1 Å². The molecule has 0 unspecified atom stereocenters. The number of hydrogen-bond acceptors (Lipinski definition) is 5. The Balaban J connectivity index is 2.64. The number of nitriles is 1. The van der Waals surface area contributed by atoms with E-state index in [2.05, 4.69) is 32.0 Å². The van der Waals surface area contributed by atoms with Gasteiger partial charge in [0.25, 0.3) is 0 Å².